The van der Waals surface area contributed by atoms with Crippen LogP contribution in [-0.4, -0.2) is 19.3 Å². The molecule has 0 radical (unpaired) electrons. The van der Waals surface area contributed by atoms with E-state index in [1.165, 1.54) is 14.2 Å². The lowest BCUT2D eigenvalue weighted by Gasteiger charge is -2.15. The Morgan fingerprint density at radius 3 is 2.27 bits per heavy atom. The highest BCUT2D eigenvalue weighted by Crippen LogP contribution is 2.60. The first kappa shape index (κ1) is 12.9. The maximum atomic E-state index is 11.7. The summed E-state index contributed by atoms with van der Waals surface area (Å²) in [5.74, 6) is 0. The SMILES string of the molecule is COP(=S)(OC)SC(=O)c1ccccc1. The van der Waals surface area contributed by atoms with E-state index in [1.54, 1.807) is 24.3 Å². The molecule has 15 heavy (non-hydrogen) atoms. The number of rotatable bonds is 4. The molecule has 0 aliphatic rings. The van der Waals surface area contributed by atoms with Crippen LogP contribution < -0.4 is 0 Å². The molecule has 0 aromatic heterocycles. The molecule has 1 aromatic carbocycles. The Hall–Kier alpha value is -0.190. The van der Waals surface area contributed by atoms with E-state index in [9.17, 15) is 4.79 Å². The third kappa shape index (κ3) is 3.70. The molecule has 0 bridgehead atoms. The third-order valence-corrected chi connectivity index (χ3v) is 6.80. The summed E-state index contributed by atoms with van der Waals surface area (Å²) >= 11 is 6.03. The Morgan fingerprint density at radius 2 is 1.80 bits per heavy atom. The zero-order valence-electron chi connectivity index (χ0n) is 8.38. The highest BCUT2D eigenvalue weighted by atomic mass is 32.9. The molecule has 0 heterocycles. The van der Waals surface area contributed by atoms with E-state index in [2.05, 4.69) is 0 Å². The number of carbonyl (C=O) groups is 1. The number of benzene rings is 1. The van der Waals surface area contributed by atoms with Gasteiger partial charge >= 0.3 is 0 Å². The van der Waals surface area contributed by atoms with Gasteiger partial charge in [0.15, 0.2) is 0 Å². The van der Waals surface area contributed by atoms with E-state index in [0.717, 1.165) is 11.4 Å². The molecule has 0 spiro atoms. The molecule has 0 fully saturated rings. The summed E-state index contributed by atoms with van der Waals surface area (Å²) in [5.41, 5.74) is -1.90. The zero-order valence-corrected chi connectivity index (χ0v) is 10.9. The number of carbonyl (C=O) groups excluding carboxylic acids is 1. The summed E-state index contributed by atoms with van der Waals surface area (Å²) in [6.07, 6.45) is 0. The van der Waals surface area contributed by atoms with Crippen molar-refractivity contribution >= 4 is 34.0 Å². The molecule has 0 aliphatic carbocycles. The summed E-state index contributed by atoms with van der Waals surface area (Å²) in [7, 11) is 2.91. The fourth-order valence-corrected chi connectivity index (χ4v) is 3.60. The van der Waals surface area contributed by atoms with Gasteiger partial charge in [0.2, 0.25) is 5.12 Å². The van der Waals surface area contributed by atoms with Gasteiger partial charge in [-0.3, -0.25) is 4.79 Å². The van der Waals surface area contributed by atoms with Gasteiger partial charge in [-0.05, 0) is 11.8 Å². The predicted molar refractivity (Wildman–Crippen MR) is 66.7 cm³/mol. The van der Waals surface area contributed by atoms with Crippen molar-refractivity contribution in [2.24, 2.45) is 0 Å². The van der Waals surface area contributed by atoms with Gasteiger partial charge in [-0.15, -0.1) is 0 Å². The topological polar surface area (TPSA) is 35.5 Å². The second kappa shape index (κ2) is 5.77. The molecule has 0 aliphatic heterocycles. The van der Waals surface area contributed by atoms with Crippen molar-refractivity contribution < 1.29 is 13.8 Å². The van der Waals surface area contributed by atoms with Gasteiger partial charge in [-0.25, -0.2) is 0 Å². The Morgan fingerprint density at radius 1 is 1.27 bits per heavy atom. The lowest BCUT2D eigenvalue weighted by Crippen LogP contribution is -1.94. The van der Waals surface area contributed by atoms with E-state index in [0.29, 0.717) is 5.56 Å². The van der Waals surface area contributed by atoms with Crippen molar-refractivity contribution in [1.82, 2.24) is 0 Å². The van der Waals surface area contributed by atoms with E-state index < -0.39 is 5.69 Å². The summed E-state index contributed by atoms with van der Waals surface area (Å²) in [5, 5.41) is -0.123. The smallest absolute Gasteiger partial charge is 0.254 e. The van der Waals surface area contributed by atoms with Crippen molar-refractivity contribution in [3.8, 4) is 0 Å². The fraction of sp³-hybridized carbons (Fsp3) is 0.222. The average Bonchev–Trinajstić information content (AvgIpc) is 2.30. The monoisotopic (exact) mass is 262 g/mol. The molecule has 1 rings (SSSR count). The zero-order chi connectivity index (χ0) is 11.3. The maximum Gasteiger partial charge on any atom is 0.254 e. The normalized spacial score (nSPS) is 11.3. The van der Waals surface area contributed by atoms with Gasteiger partial charge in [-0.1, -0.05) is 30.3 Å². The molecule has 0 amide bonds. The molecule has 0 saturated carbocycles. The second-order valence-corrected chi connectivity index (χ2v) is 8.86. The fourth-order valence-electron chi connectivity index (χ4n) is 0.878. The van der Waals surface area contributed by atoms with Gasteiger partial charge in [0.1, 0.15) is 0 Å². The molecule has 6 heteroatoms. The highest BCUT2D eigenvalue weighted by molar-refractivity contribution is 8.73. The molecule has 3 nitrogen and oxygen atoms in total. The molecule has 0 unspecified atom stereocenters. The average molecular weight is 262 g/mol. The summed E-state index contributed by atoms with van der Waals surface area (Å²) in [6, 6.07) is 8.93. The Kier molecular flexibility index (Phi) is 4.96. The van der Waals surface area contributed by atoms with Crippen molar-refractivity contribution in [2.45, 2.75) is 0 Å². The summed E-state index contributed by atoms with van der Waals surface area (Å²) in [6.45, 7) is 0. The van der Waals surface area contributed by atoms with Gasteiger partial charge in [0, 0.05) is 31.2 Å². The van der Waals surface area contributed by atoms with Crippen LogP contribution in [0.5, 0.6) is 0 Å². The first-order valence-electron chi connectivity index (χ1n) is 4.12. The van der Waals surface area contributed by atoms with Crippen molar-refractivity contribution in [3.63, 3.8) is 0 Å². The lowest BCUT2D eigenvalue weighted by atomic mass is 10.2. The van der Waals surface area contributed by atoms with Crippen LogP contribution in [0, 0.1) is 0 Å². The third-order valence-electron chi connectivity index (χ3n) is 1.65. The van der Waals surface area contributed by atoms with Crippen LogP contribution in [0.3, 0.4) is 0 Å². The molecule has 0 atom stereocenters. The maximum absolute atomic E-state index is 11.7. The molecule has 0 N–H and O–H groups in total. The van der Waals surface area contributed by atoms with Gasteiger partial charge < -0.3 is 9.05 Å². The minimum absolute atomic E-state index is 0.123. The second-order valence-electron chi connectivity index (χ2n) is 2.56. The first-order chi connectivity index (χ1) is 7.11. The molecular formula is C9H11O3PS2. The molecule has 1 aromatic rings. The standard InChI is InChI=1S/C9H11O3PS2/c1-11-13(14,12-2)15-9(10)8-6-4-3-5-7-8/h3-7H,1-2H3. The lowest BCUT2D eigenvalue weighted by molar-refractivity contribution is 0.109. The van der Waals surface area contributed by atoms with E-state index in [4.69, 9.17) is 20.9 Å². The summed E-state index contributed by atoms with van der Waals surface area (Å²) < 4.78 is 10.0. The van der Waals surface area contributed by atoms with E-state index in [1.807, 2.05) is 6.07 Å². The van der Waals surface area contributed by atoms with Crippen LogP contribution in [0.2, 0.25) is 0 Å². The van der Waals surface area contributed by atoms with E-state index >= 15 is 0 Å². The molecule has 0 saturated heterocycles. The van der Waals surface area contributed by atoms with Crippen LogP contribution in [0.25, 0.3) is 0 Å². The Labute approximate surface area is 98.1 Å². The quantitative estimate of drug-likeness (QED) is 0.779. The minimum atomic E-state index is -2.50. The Bertz CT molecular complexity index is 372. The van der Waals surface area contributed by atoms with Gasteiger partial charge in [0.05, 0.1) is 0 Å². The minimum Gasteiger partial charge on any atom is -0.325 e. The van der Waals surface area contributed by atoms with Gasteiger partial charge in [-0.2, -0.15) is 0 Å². The van der Waals surface area contributed by atoms with Crippen molar-refractivity contribution in [3.05, 3.63) is 35.9 Å². The number of hydrogen-bond acceptors (Lipinski definition) is 5. The summed E-state index contributed by atoms with van der Waals surface area (Å²) in [4.78, 5) is 11.7. The Balaban J connectivity index is 2.76. The first-order valence-corrected chi connectivity index (χ1v) is 8.18. The molecule has 82 valence electrons. The number of hydrogen-bond donors (Lipinski definition) is 0. The molecular weight excluding hydrogens is 251 g/mol. The van der Waals surface area contributed by atoms with Crippen LogP contribution in [-0.2, 0) is 20.9 Å². The predicted octanol–water partition coefficient (Wildman–Crippen LogP) is 3.08. The van der Waals surface area contributed by atoms with Crippen molar-refractivity contribution in [2.75, 3.05) is 14.2 Å². The van der Waals surface area contributed by atoms with E-state index in [-0.39, 0.29) is 5.12 Å². The van der Waals surface area contributed by atoms with Crippen LogP contribution >= 0.6 is 17.1 Å². The van der Waals surface area contributed by atoms with Crippen molar-refractivity contribution in [1.29, 1.82) is 0 Å². The van der Waals surface area contributed by atoms with Gasteiger partial charge in [0.25, 0.3) is 5.69 Å². The largest absolute Gasteiger partial charge is 0.325 e. The van der Waals surface area contributed by atoms with Crippen LogP contribution in [0.1, 0.15) is 10.4 Å². The van der Waals surface area contributed by atoms with Crippen LogP contribution in [0.15, 0.2) is 30.3 Å². The highest BCUT2D eigenvalue weighted by Gasteiger charge is 2.22. The van der Waals surface area contributed by atoms with Crippen LogP contribution in [0.4, 0.5) is 0 Å².